The number of hydrogen-bond acceptors (Lipinski definition) is 2. The maximum Gasteiger partial charge on any atom is 0.325 e. The number of aromatic nitrogens is 2. The van der Waals surface area contributed by atoms with Crippen LogP contribution in [0.4, 0.5) is 0 Å². The minimum atomic E-state index is -1.01. The SMILES string of the molecule is O=C(O)Cn1nc(Cl)cc1Cl. The summed E-state index contributed by atoms with van der Waals surface area (Å²) in [4.78, 5) is 10.2. The van der Waals surface area contributed by atoms with Crippen LogP contribution in [0.1, 0.15) is 0 Å². The van der Waals surface area contributed by atoms with Gasteiger partial charge in [-0.05, 0) is 0 Å². The number of aliphatic carboxylic acids is 1. The normalized spacial score (nSPS) is 10.0. The lowest BCUT2D eigenvalue weighted by molar-refractivity contribution is -0.137. The van der Waals surface area contributed by atoms with E-state index in [9.17, 15) is 4.79 Å². The quantitative estimate of drug-likeness (QED) is 0.772. The highest BCUT2D eigenvalue weighted by molar-refractivity contribution is 6.33. The van der Waals surface area contributed by atoms with Gasteiger partial charge in [0.1, 0.15) is 11.7 Å². The first-order valence-corrected chi connectivity index (χ1v) is 3.46. The third kappa shape index (κ3) is 2.10. The van der Waals surface area contributed by atoms with Gasteiger partial charge in [0.25, 0.3) is 0 Å². The van der Waals surface area contributed by atoms with Crippen molar-refractivity contribution in [1.82, 2.24) is 9.78 Å². The minimum Gasteiger partial charge on any atom is -0.480 e. The van der Waals surface area contributed by atoms with Crippen LogP contribution >= 0.6 is 23.2 Å². The highest BCUT2D eigenvalue weighted by Gasteiger charge is 2.06. The molecule has 0 aliphatic rings. The van der Waals surface area contributed by atoms with E-state index in [0.717, 1.165) is 4.68 Å². The predicted octanol–water partition coefficient (Wildman–Crippen LogP) is 1.27. The first-order chi connectivity index (χ1) is 5.09. The van der Waals surface area contributed by atoms with Crippen molar-refractivity contribution in [3.8, 4) is 0 Å². The van der Waals surface area contributed by atoms with Gasteiger partial charge in [0.2, 0.25) is 0 Å². The summed E-state index contributed by atoms with van der Waals surface area (Å²) in [5.41, 5.74) is 0. The van der Waals surface area contributed by atoms with Gasteiger partial charge in [-0.3, -0.25) is 4.79 Å². The van der Waals surface area contributed by atoms with Gasteiger partial charge in [0, 0.05) is 6.07 Å². The van der Waals surface area contributed by atoms with Crippen LogP contribution in [-0.2, 0) is 11.3 Å². The molecule has 0 fully saturated rings. The summed E-state index contributed by atoms with van der Waals surface area (Å²) in [5, 5.41) is 12.4. The summed E-state index contributed by atoms with van der Waals surface area (Å²) < 4.78 is 1.10. The van der Waals surface area contributed by atoms with Crippen molar-refractivity contribution in [2.24, 2.45) is 0 Å². The third-order valence-electron chi connectivity index (χ3n) is 0.986. The van der Waals surface area contributed by atoms with Crippen LogP contribution in [0.25, 0.3) is 0 Å². The largest absolute Gasteiger partial charge is 0.480 e. The van der Waals surface area contributed by atoms with Gasteiger partial charge in [-0.25, -0.2) is 4.68 Å². The molecule has 0 aliphatic carbocycles. The van der Waals surface area contributed by atoms with E-state index in [1.807, 2.05) is 0 Å². The van der Waals surface area contributed by atoms with Gasteiger partial charge in [0.05, 0.1) is 0 Å². The van der Waals surface area contributed by atoms with Crippen LogP contribution in [-0.4, -0.2) is 20.9 Å². The minimum absolute atomic E-state index is 0.191. The molecule has 0 amide bonds. The molecule has 1 aromatic heterocycles. The summed E-state index contributed by atoms with van der Waals surface area (Å²) in [6, 6.07) is 1.38. The Morgan fingerprint density at radius 3 is 2.73 bits per heavy atom. The maximum absolute atomic E-state index is 10.2. The summed E-state index contributed by atoms with van der Waals surface area (Å²) in [6.45, 7) is -0.272. The van der Waals surface area contributed by atoms with Gasteiger partial charge in [-0.1, -0.05) is 23.2 Å². The van der Waals surface area contributed by atoms with Crippen LogP contribution in [0.3, 0.4) is 0 Å². The van der Waals surface area contributed by atoms with Crippen LogP contribution < -0.4 is 0 Å². The van der Waals surface area contributed by atoms with E-state index < -0.39 is 5.97 Å². The molecule has 0 aliphatic heterocycles. The fourth-order valence-electron chi connectivity index (χ4n) is 0.604. The van der Waals surface area contributed by atoms with Crippen molar-refractivity contribution in [1.29, 1.82) is 0 Å². The Hall–Kier alpha value is -0.740. The fraction of sp³-hybridized carbons (Fsp3) is 0.200. The molecule has 11 heavy (non-hydrogen) atoms. The molecular weight excluding hydrogens is 191 g/mol. The molecule has 0 unspecified atom stereocenters. The Bertz CT molecular complexity index is 284. The zero-order valence-corrected chi connectivity index (χ0v) is 6.80. The number of rotatable bonds is 2. The second-order valence-electron chi connectivity index (χ2n) is 1.84. The number of carboxylic acids is 1. The highest BCUT2D eigenvalue weighted by Crippen LogP contribution is 2.14. The Kier molecular flexibility index (Phi) is 2.36. The lowest BCUT2D eigenvalue weighted by atomic mass is 10.6. The molecule has 0 radical (unpaired) electrons. The van der Waals surface area contributed by atoms with Crippen molar-refractivity contribution in [3.05, 3.63) is 16.4 Å². The lowest BCUT2D eigenvalue weighted by Crippen LogP contribution is -2.09. The van der Waals surface area contributed by atoms with E-state index in [2.05, 4.69) is 5.10 Å². The first kappa shape index (κ1) is 8.36. The molecule has 1 heterocycles. The average Bonchev–Trinajstić information content (AvgIpc) is 2.09. The van der Waals surface area contributed by atoms with Crippen LogP contribution in [0.5, 0.6) is 0 Å². The molecule has 0 atom stereocenters. The van der Waals surface area contributed by atoms with Gasteiger partial charge in [0.15, 0.2) is 5.15 Å². The maximum atomic E-state index is 10.2. The van der Waals surface area contributed by atoms with Crippen molar-refractivity contribution < 1.29 is 9.90 Å². The number of nitrogens with zero attached hydrogens (tertiary/aromatic N) is 2. The van der Waals surface area contributed by atoms with Gasteiger partial charge in [-0.15, -0.1) is 0 Å². The topological polar surface area (TPSA) is 55.1 Å². The standard InChI is InChI=1S/C5H4Cl2N2O2/c6-3-1-4(7)9(8-3)2-5(10)11/h1H,2H2,(H,10,11). The van der Waals surface area contributed by atoms with E-state index in [1.165, 1.54) is 6.07 Å². The molecule has 0 saturated carbocycles. The van der Waals surface area contributed by atoms with E-state index in [1.54, 1.807) is 0 Å². The van der Waals surface area contributed by atoms with Gasteiger partial charge in [-0.2, -0.15) is 5.10 Å². The van der Waals surface area contributed by atoms with E-state index in [4.69, 9.17) is 28.3 Å². The Balaban J connectivity index is 2.85. The molecule has 0 bridgehead atoms. The second-order valence-corrected chi connectivity index (χ2v) is 2.62. The molecule has 1 N–H and O–H groups in total. The molecule has 4 nitrogen and oxygen atoms in total. The molecular formula is C5H4Cl2N2O2. The molecule has 1 aromatic rings. The van der Waals surface area contributed by atoms with Crippen LogP contribution in [0, 0.1) is 0 Å². The summed E-state index contributed by atoms with van der Waals surface area (Å²) >= 11 is 11.0. The van der Waals surface area contributed by atoms with E-state index in [-0.39, 0.29) is 16.9 Å². The molecule has 60 valence electrons. The number of halogens is 2. The van der Waals surface area contributed by atoms with Crippen LogP contribution in [0.2, 0.25) is 10.3 Å². The number of carboxylic acid groups (broad SMARTS) is 1. The Morgan fingerprint density at radius 1 is 1.73 bits per heavy atom. The molecule has 0 spiro atoms. The van der Waals surface area contributed by atoms with Gasteiger partial charge < -0.3 is 5.11 Å². The summed E-state index contributed by atoms with van der Waals surface area (Å²) in [7, 11) is 0. The summed E-state index contributed by atoms with van der Waals surface area (Å²) in [5.74, 6) is -1.01. The number of hydrogen-bond donors (Lipinski definition) is 1. The Morgan fingerprint density at radius 2 is 2.36 bits per heavy atom. The lowest BCUT2D eigenvalue weighted by Gasteiger charge is -1.95. The zero-order valence-electron chi connectivity index (χ0n) is 5.29. The van der Waals surface area contributed by atoms with E-state index in [0.29, 0.717) is 0 Å². The molecule has 0 aromatic carbocycles. The Labute approximate surface area is 72.3 Å². The van der Waals surface area contributed by atoms with Crippen molar-refractivity contribution in [2.45, 2.75) is 6.54 Å². The highest BCUT2D eigenvalue weighted by atomic mass is 35.5. The van der Waals surface area contributed by atoms with Crippen molar-refractivity contribution in [2.75, 3.05) is 0 Å². The smallest absolute Gasteiger partial charge is 0.325 e. The predicted molar refractivity (Wildman–Crippen MR) is 39.9 cm³/mol. The number of carbonyl (C=O) groups is 1. The van der Waals surface area contributed by atoms with Crippen molar-refractivity contribution in [3.63, 3.8) is 0 Å². The van der Waals surface area contributed by atoms with Gasteiger partial charge >= 0.3 is 5.97 Å². The average molecular weight is 195 g/mol. The molecule has 6 heteroatoms. The van der Waals surface area contributed by atoms with Crippen molar-refractivity contribution >= 4 is 29.2 Å². The van der Waals surface area contributed by atoms with Crippen LogP contribution in [0.15, 0.2) is 6.07 Å². The third-order valence-corrected chi connectivity index (χ3v) is 1.47. The summed E-state index contributed by atoms with van der Waals surface area (Å²) in [6.07, 6.45) is 0. The molecule has 0 saturated heterocycles. The second kappa shape index (κ2) is 3.11. The van der Waals surface area contributed by atoms with E-state index >= 15 is 0 Å². The monoisotopic (exact) mass is 194 g/mol. The molecule has 1 rings (SSSR count). The zero-order chi connectivity index (χ0) is 8.43. The first-order valence-electron chi connectivity index (χ1n) is 2.70. The fourth-order valence-corrected chi connectivity index (χ4v) is 1.06.